The molecule has 2 atom stereocenters. The van der Waals surface area contributed by atoms with E-state index in [-0.39, 0.29) is 16.4 Å². The number of aromatic nitrogens is 1. The molecule has 0 radical (unpaired) electrons. The van der Waals surface area contributed by atoms with E-state index in [9.17, 15) is 16.8 Å². The smallest absolute Gasteiger partial charge is 0.183 e. The van der Waals surface area contributed by atoms with Crippen LogP contribution >= 0.6 is 0 Å². The highest BCUT2D eigenvalue weighted by Gasteiger charge is 2.45. The third kappa shape index (κ3) is 4.05. The second kappa shape index (κ2) is 7.34. The van der Waals surface area contributed by atoms with Gasteiger partial charge in [-0.1, -0.05) is 6.07 Å². The lowest BCUT2D eigenvalue weighted by molar-refractivity contribution is 0.414. The van der Waals surface area contributed by atoms with Crippen molar-refractivity contribution in [2.45, 2.75) is 22.7 Å². The van der Waals surface area contributed by atoms with Crippen molar-refractivity contribution in [3.8, 4) is 5.75 Å². The lowest BCUT2D eigenvalue weighted by Gasteiger charge is -2.20. The summed E-state index contributed by atoms with van der Waals surface area (Å²) in [6.07, 6.45) is 3.30. The highest BCUT2D eigenvalue weighted by atomic mass is 32.2. The van der Waals surface area contributed by atoms with Crippen LogP contribution in [0.5, 0.6) is 5.75 Å². The molecule has 3 rings (SSSR count). The number of ether oxygens (including phenoxy) is 1. The van der Waals surface area contributed by atoms with Gasteiger partial charge in [-0.15, -0.1) is 0 Å². The van der Waals surface area contributed by atoms with E-state index in [1.165, 1.54) is 19.2 Å². The Balaban J connectivity index is 1.84. The number of nitrogens with zero attached hydrogens (tertiary/aromatic N) is 1. The number of hydrogen-bond acceptors (Lipinski definition) is 7. The van der Waals surface area contributed by atoms with Gasteiger partial charge < -0.3 is 10.1 Å². The largest absolute Gasteiger partial charge is 0.497 e. The maximum atomic E-state index is 13.0. The quantitative estimate of drug-likeness (QED) is 0.771. The number of benzene rings is 1. The zero-order chi connectivity index (χ0) is 18.8. The Hall–Kier alpha value is -1.97. The van der Waals surface area contributed by atoms with Crippen LogP contribution in [0, 0.1) is 0 Å². The Labute approximate surface area is 153 Å². The molecule has 7 nitrogen and oxygen atoms in total. The Morgan fingerprint density at radius 2 is 1.92 bits per heavy atom. The summed E-state index contributed by atoms with van der Waals surface area (Å²) in [5.41, 5.74) is 0.859. The van der Waals surface area contributed by atoms with Crippen molar-refractivity contribution in [2.75, 3.05) is 18.6 Å². The summed E-state index contributed by atoms with van der Waals surface area (Å²) < 4.78 is 55.2. The molecule has 140 valence electrons. The van der Waals surface area contributed by atoms with Crippen LogP contribution < -0.4 is 10.1 Å². The molecule has 9 heteroatoms. The third-order valence-corrected chi connectivity index (χ3v) is 8.54. The van der Waals surface area contributed by atoms with Crippen LogP contribution in [-0.2, 0) is 26.2 Å². The highest BCUT2D eigenvalue weighted by molar-refractivity contribution is 7.96. The average molecular weight is 396 g/mol. The standard InChI is InChI=1S/C17H20N2O5S2/c1-24-14-4-6-15(7-5-14)26(22,23)17-12-25(20,21)11-16(17)19-10-13-3-2-8-18-9-13/h2-9,16-17,19H,10-12H2,1H3/t16-,17-/m1/s1. The molecule has 1 aromatic heterocycles. The summed E-state index contributed by atoms with van der Waals surface area (Å²) >= 11 is 0. The first kappa shape index (κ1) is 18.8. The second-order valence-electron chi connectivity index (χ2n) is 6.18. The number of rotatable bonds is 6. The summed E-state index contributed by atoms with van der Waals surface area (Å²) in [5, 5.41) is 2.05. The summed E-state index contributed by atoms with van der Waals surface area (Å²) in [4.78, 5) is 4.09. The molecular formula is C17H20N2O5S2. The average Bonchev–Trinajstić information content (AvgIpc) is 2.96. The zero-order valence-electron chi connectivity index (χ0n) is 14.2. The van der Waals surface area contributed by atoms with Gasteiger partial charge in [0.25, 0.3) is 0 Å². The third-order valence-electron chi connectivity index (χ3n) is 4.38. The van der Waals surface area contributed by atoms with E-state index in [4.69, 9.17) is 4.74 Å². The van der Waals surface area contributed by atoms with Gasteiger partial charge in [-0.05, 0) is 35.9 Å². The molecule has 26 heavy (non-hydrogen) atoms. The van der Waals surface area contributed by atoms with Crippen molar-refractivity contribution >= 4 is 19.7 Å². The van der Waals surface area contributed by atoms with Gasteiger partial charge in [-0.25, -0.2) is 16.8 Å². The molecule has 1 N–H and O–H groups in total. The maximum Gasteiger partial charge on any atom is 0.183 e. The van der Waals surface area contributed by atoms with Crippen molar-refractivity contribution in [1.82, 2.24) is 10.3 Å². The van der Waals surface area contributed by atoms with Crippen LogP contribution in [0.1, 0.15) is 5.56 Å². The number of methoxy groups -OCH3 is 1. The lowest BCUT2D eigenvalue weighted by Crippen LogP contribution is -2.43. The molecule has 2 aromatic rings. The van der Waals surface area contributed by atoms with Crippen LogP contribution in [0.3, 0.4) is 0 Å². The maximum absolute atomic E-state index is 13.0. The van der Waals surface area contributed by atoms with Gasteiger partial charge in [0, 0.05) is 25.0 Å². The molecule has 1 saturated heterocycles. The molecule has 0 spiro atoms. The van der Waals surface area contributed by atoms with Crippen LogP contribution in [0.2, 0.25) is 0 Å². The first-order chi connectivity index (χ1) is 12.3. The predicted molar refractivity (Wildman–Crippen MR) is 97.5 cm³/mol. The predicted octanol–water partition coefficient (Wildman–Crippen LogP) is 0.819. The Kier molecular flexibility index (Phi) is 5.31. The van der Waals surface area contributed by atoms with Crippen molar-refractivity contribution in [1.29, 1.82) is 0 Å². The first-order valence-electron chi connectivity index (χ1n) is 8.02. The molecule has 0 amide bonds. The van der Waals surface area contributed by atoms with Gasteiger partial charge in [0.2, 0.25) is 0 Å². The van der Waals surface area contributed by atoms with Crippen LogP contribution in [0.25, 0.3) is 0 Å². The minimum atomic E-state index is -3.80. The molecule has 0 unspecified atom stereocenters. The van der Waals surface area contributed by atoms with E-state index < -0.39 is 31.0 Å². The molecule has 2 heterocycles. The zero-order valence-corrected chi connectivity index (χ0v) is 15.8. The molecule has 1 aromatic carbocycles. The molecule has 1 fully saturated rings. The number of nitrogens with one attached hydrogen (secondary N) is 1. The SMILES string of the molecule is COc1ccc(S(=O)(=O)[C@@H]2CS(=O)(=O)C[C@H]2NCc2cccnc2)cc1. The van der Waals surface area contributed by atoms with Crippen molar-refractivity contribution < 1.29 is 21.6 Å². The van der Waals surface area contributed by atoms with E-state index in [2.05, 4.69) is 10.3 Å². The van der Waals surface area contributed by atoms with Crippen molar-refractivity contribution in [3.63, 3.8) is 0 Å². The molecule has 0 bridgehead atoms. The van der Waals surface area contributed by atoms with Crippen molar-refractivity contribution in [3.05, 3.63) is 54.4 Å². The van der Waals surface area contributed by atoms with Crippen LogP contribution in [0.15, 0.2) is 53.7 Å². The lowest BCUT2D eigenvalue weighted by atomic mass is 10.2. The minimum absolute atomic E-state index is 0.0913. The summed E-state index contributed by atoms with van der Waals surface area (Å²) in [5.74, 6) is -0.0476. The fraction of sp³-hybridized carbons (Fsp3) is 0.353. The van der Waals surface area contributed by atoms with Gasteiger partial charge in [-0.2, -0.15) is 0 Å². The molecule has 0 aliphatic carbocycles. The number of sulfone groups is 2. The normalized spacial score (nSPS) is 22.2. The summed E-state index contributed by atoms with van der Waals surface area (Å²) in [7, 11) is -5.74. The van der Waals surface area contributed by atoms with Crippen molar-refractivity contribution in [2.24, 2.45) is 0 Å². The number of pyridine rings is 1. The van der Waals surface area contributed by atoms with Crippen LogP contribution in [-0.4, -0.2) is 51.7 Å². The summed E-state index contributed by atoms with van der Waals surface area (Å²) in [6.45, 7) is 0.350. The van der Waals surface area contributed by atoms with E-state index in [1.807, 2.05) is 6.07 Å². The second-order valence-corrected chi connectivity index (χ2v) is 10.5. The first-order valence-corrected chi connectivity index (χ1v) is 11.4. The Bertz CT molecular complexity index is 958. The van der Waals surface area contributed by atoms with Gasteiger partial charge in [-0.3, -0.25) is 4.98 Å². The molecular weight excluding hydrogens is 376 g/mol. The monoisotopic (exact) mass is 396 g/mol. The summed E-state index contributed by atoms with van der Waals surface area (Å²) in [6, 6.07) is 8.93. The molecule has 1 aliphatic rings. The van der Waals surface area contributed by atoms with Gasteiger partial charge in [0.1, 0.15) is 5.75 Å². The topological polar surface area (TPSA) is 102 Å². The fourth-order valence-electron chi connectivity index (χ4n) is 3.00. The van der Waals surface area contributed by atoms with Gasteiger partial charge in [0.15, 0.2) is 19.7 Å². The minimum Gasteiger partial charge on any atom is -0.497 e. The van der Waals surface area contributed by atoms with E-state index in [0.717, 1.165) is 5.56 Å². The van der Waals surface area contributed by atoms with Gasteiger partial charge >= 0.3 is 0 Å². The van der Waals surface area contributed by atoms with E-state index in [0.29, 0.717) is 12.3 Å². The Morgan fingerprint density at radius 3 is 2.54 bits per heavy atom. The van der Waals surface area contributed by atoms with Crippen LogP contribution in [0.4, 0.5) is 0 Å². The van der Waals surface area contributed by atoms with Gasteiger partial charge in [0.05, 0.1) is 28.8 Å². The van der Waals surface area contributed by atoms with E-state index in [1.54, 1.807) is 30.6 Å². The van der Waals surface area contributed by atoms with E-state index >= 15 is 0 Å². The highest BCUT2D eigenvalue weighted by Crippen LogP contribution is 2.27. The fourth-order valence-corrected chi connectivity index (χ4v) is 7.72. The Morgan fingerprint density at radius 1 is 1.19 bits per heavy atom. The number of hydrogen-bond donors (Lipinski definition) is 1. The molecule has 1 aliphatic heterocycles. The molecule has 0 saturated carbocycles.